The van der Waals surface area contributed by atoms with Gasteiger partial charge in [0.2, 0.25) is 0 Å². The third-order valence-electron chi connectivity index (χ3n) is 5.31. The Balaban J connectivity index is 2.31. The molecule has 0 amide bonds. The fraction of sp³-hybridized carbons (Fsp3) is 0.824. The van der Waals surface area contributed by atoms with E-state index < -0.39 is 0 Å². The van der Waals surface area contributed by atoms with Gasteiger partial charge < -0.3 is 5.32 Å². The number of rotatable bonds is 4. The van der Waals surface area contributed by atoms with Gasteiger partial charge in [0.05, 0.1) is 11.7 Å². The van der Waals surface area contributed by atoms with Gasteiger partial charge in [0, 0.05) is 11.7 Å². The number of nitrogens with one attached hydrogen (secondary N) is 1. The molecule has 1 fully saturated rings. The maximum atomic E-state index is 4.87. The summed E-state index contributed by atoms with van der Waals surface area (Å²) in [5.74, 6) is 1.61. The summed E-state index contributed by atoms with van der Waals surface area (Å²) >= 11 is 0. The number of hydrogen-bond acceptors (Lipinski definition) is 2. The predicted octanol–water partition coefficient (Wildman–Crippen LogP) is 3.65. The summed E-state index contributed by atoms with van der Waals surface area (Å²) in [4.78, 5) is 0. The molecule has 1 saturated carbocycles. The molecule has 1 aromatic rings. The van der Waals surface area contributed by atoms with E-state index in [1.54, 1.807) is 0 Å². The Labute approximate surface area is 124 Å². The van der Waals surface area contributed by atoms with Crippen molar-refractivity contribution >= 4 is 0 Å². The van der Waals surface area contributed by atoms with Crippen LogP contribution in [0.3, 0.4) is 0 Å². The quantitative estimate of drug-likeness (QED) is 0.910. The molecule has 3 atom stereocenters. The van der Waals surface area contributed by atoms with Crippen LogP contribution in [0.2, 0.25) is 0 Å². The maximum absolute atomic E-state index is 4.87. The Morgan fingerprint density at radius 2 is 2.00 bits per heavy atom. The van der Waals surface area contributed by atoms with Crippen molar-refractivity contribution in [1.29, 1.82) is 0 Å². The standard InChI is InChI=1S/C17H31N3/c1-7-15-12(4)19-20(13(15)5)17-10-14(11(2)3)8-9-16(17)18-6/h11,14,16-18H,7-10H2,1-6H3. The van der Waals surface area contributed by atoms with E-state index in [0.29, 0.717) is 12.1 Å². The van der Waals surface area contributed by atoms with Gasteiger partial charge in [0.15, 0.2) is 0 Å². The molecule has 3 unspecified atom stereocenters. The summed E-state index contributed by atoms with van der Waals surface area (Å²) in [5.41, 5.74) is 4.03. The minimum atomic E-state index is 0.514. The van der Waals surface area contributed by atoms with Gasteiger partial charge >= 0.3 is 0 Å². The van der Waals surface area contributed by atoms with Crippen molar-refractivity contribution < 1.29 is 0 Å². The zero-order valence-electron chi connectivity index (χ0n) is 14.0. The molecule has 1 aliphatic rings. The maximum Gasteiger partial charge on any atom is 0.0678 e. The van der Waals surface area contributed by atoms with E-state index in [0.717, 1.165) is 18.3 Å². The number of likely N-dealkylation sites (N-methyl/N-ethyl adjacent to an activating group) is 1. The topological polar surface area (TPSA) is 29.9 Å². The molecule has 0 spiro atoms. The molecule has 0 bridgehead atoms. The van der Waals surface area contributed by atoms with Crippen LogP contribution in [-0.2, 0) is 6.42 Å². The van der Waals surface area contributed by atoms with Crippen molar-refractivity contribution in [3.8, 4) is 0 Å². The van der Waals surface area contributed by atoms with E-state index in [1.807, 2.05) is 0 Å². The first kappa shape index (κ1) is 15.6. The molecule has 114 valence electrons. The van der Waals surface area contributed by atoms with Crippen LogP contribution in [0.15, 0.2) is 0 Å². The average molecular weight is 277 g/mol. The zero-order valence-corrected chi connectivity index (χ0v) is 14.0. The van der Waals surface area contributed by atoms with E-state index in [1.165, 1.54) is 36.2 Å². The molecule has 3 heteroatoms. The number of hydrogen-bond donors (Lipinski definition) is 1. The van der Waals surface area contributed by atoms with Crippen molar-refractivity contribution in [3.63, 3.8) is 0 Å². The number of aryl methyl sites for hydroxylation is 1. The molecule has 20 heavy (non-hydrogen) atoms. The summed E-state index contributed by atoms with van der Waals surface area (Å²) < 4.78 is 2.32. The van der Waals surface area contributed by atoms with Crippen LogP contribution in [0.5, 0.6) is 0 Å². The summed E-state index contributed by atoms with van der Waals surface area (Å²) in [6.07, 6.45) is 4.96. The third kappa shape index (κ3) is 2.78. The van der Waals surface area contributed by atoms with Crippen LogP contribution in [0, 0.1) is 25.7 Å². The summed E-state index contributed by atoms with van der Waals surface area (Å²) in [6.45, 7) is 11.3. The SMILES string of the molecule is CCc1c(C)nn(C2CC(C(C)C)CCC2NC)c1C. The first-order valence-corrected chi connectivity index (χ1v) is 8.21. The Kier molecular flexibility index (Phi) is 4.90. The molecule has 0 saturated heterocycles. The highest BCUT2D eigenvalue weighted by molar-refractivity contribution is 5.25. The van der Waals surface area contributed by atoms with Crippen LogP contribution in [-0.4, -0.2) is 22.9 Å². The van der Waals surface area contributed by atoms with Crippen LogP contribution in [0.1, 0.15) is 63.0 Å². The highest BCUT2D eigenvalue weighted by atomic mass is 15.3. The van der Waals surface area contributed by atoms with Gasteiger partial charge in [0.25, 0.3) is 0 Å². The number of nitrogens with zero attached hydrogens (tertiary/aromatic N) is 2. The van der Waals surface area contributed by atoms with Crippen molar-refractivity contribution in [2.45, 2.75) is 72.4 Å². The van der Waals surface area contributed by atoms with Gasteiger partial charge in [-0.15, -0.1) is 0 Å². The molecule has 1 N–H and O–H groups in total. The average Bonchev–Trinajstić information content (AvgIpc) is 2.72. The molecule has 1 aliphatic carbocycles. The van der Waals surface area contributed by atoms with Gasteiger partial charge in [0.1, 0.15) is 0 Å². The Bertz CT molecular complexity index is 447. The van der Waals surface area contributed by atoms with Crippen LogP contribution >= 0.6 is 0 Å². The highest BCUT2D eigenvalue weighted by Gasteiger charge is 2.33. The summed E-state index contributed by atoms with van der Waals surface area (Å²) in [5, 5.41) is 8.40. The minimum absolute atomic E-state index is 0.514. The molecular formula is C17H31N3. The number of aromatic nitrogens is 2. The van der Waals surface area contributed by atoms with Gasteiger partial charge in [-0.3, -0.25) is 4.68 Å². The Morgan fingerprint density at radius 3 is 2.50 bits per heavy atom. The zero-order chi connectivity index (χ0) is 14.9. The summed E-state index contributed by atoms with van der Waals surface area (Å²) in [7, 11) is 2.10. The van der Waals surface area contributed by atoms with Crippen LogP contribution in [0.25, 0.3) is 0 Å². The second-order valence-corrected chi connectivity index (χ2v) is 6.73. The van der Waals surface area contributed by atoms with E-state index in [2.05, 4.69) is 51.7 Å². The molecule has 2 rings (SSSR count). The first-order valence-electron chi connectivity index (χ1n) is 8.21. The minimum Gasteiger partial charge on any atom is -0.315 e. The van der Waals surface area contributed by atoms with Gasteiger partial charge in [-0.05, 0) is 64.0 Å². The lowest BCUT2D eigenvalue weighted by Gasteiger charge is -2.38. The second-order valence-electron chi connectivity index (χ2n) is 6.73. The Hall–Kier alpha value is -0.830. The molecule has 0 aliphatic heterocycles. The molecule has 1 heterocycles. The first-order chi connectivity index (χ1) is 9.49. The van der Waals surface area contributed by atoms with Crippen molar-refractivity contribution in [3.05, 3.63) is 17.0 Å². The molecule has 0 aromatic carbocycles. The normalized spacial score (nSPS) is 27.2. The monoisotopic (exact) mass is 277 g/mol. The van der Waals surface area contributed by atoms with Crippen molar-refractivity contribution in [1.82, 2.24) is 15.1 Å². The van der Waals surface area contributed by atoms with Gasteiger partial charge in [-0.1, -0.05) is 20.8 Å². The Morgan fingerprint density at radius 1 is 1.30 bits per heavy atom. The largest absolute Gasteiger partial charge is 0.315 e. The molecule has 0 radical (unpaired) electrons. The molecule has 1 aromatic heterocycles. The van der Waals surface area contributed by atoms with Crippen molar-refractivity contribution in [2.75, 3.05) is 7.05 Å². The fourth-order valence-corrected chi connectivity index (χ4v) is 3.92. The van der Waals surface area contributed by atoms with Gasteiger partial charge in [-0.2, -0.15) is 5.10 Å². The predicted molar refractivity (Wildman–Crippen MR) is 85.1 cm³/mol. The van der Waals surface area contributed by atoms with Gasteiger partial charge in [-0.25, -0.2) is 0 Å². The lowest BCUT2D eigenvalue weighted by Crippen LogP contribution is -2.41. The summed E-state index contributed by atoms with van der Waals surface area (Å²) in [6, 6.07) is 1.08. The third-order valence-corrected chi connectivity index (χ3v) is 5.31. The van der Waals surface area contributed by atoms with Crippen LogP contribution < -0.4 is 5.32 Å². The lowest BCUT2D eigenvalue weighted by atomic mass is 9.77. The molecular weight excluding hydrogens is 246 g/mol. The fourth-order valence-electron chi connectivity index (χ4n) is 3.92. The van der Waals surface area contributed by atoms with E-state index in [9.17, 15) is 0 Å². The van der Waals surface area contributed by atoms with E-state index in [4.69, 9.17) is 5.10 Å². The smallest absolute Gasteiger partial charge is 0.0678 e. The van der Waals surface area contributed by atoms with Crippen molar-refractivity contribution in [2.24, 2.45) is 11.8 Å². The second kappa shape index (κ2) is 6.30. The van der Waals surface area contributed by atoms with E-state index >= 15 is 0 Å². The van der Waals surface area contributed by atoms with Crippen LogP contribution in [0.4, 0.5) is 0 Å². The molecule has 3 nitrogen and oxygen atoms in total. The van der Waals surface area contributed by atoms with E-state index in [-0.39, 0.29) is 0 Å². The highest BCUT2D eigenvalue weighted by Crippen LogP contribution is 2.37. The lowest BCUT2D eigenvalue weighted by molar-refractivity contribution is 0.165.